The summed E-state index contributed by atoms with van der Waals surface area (Å²) in [6.45, 7) is 1.91. The molecule has 0 aliphatic rings. The van der Waals surface area contributed by atoms with Crippen molar-refractivity contribution in [2.24, 2.45) is 0 Å². The third kappa shape index (κ3) is 4.23. The van der Waals surface area contributed by atoms with Gasteiger partial charge in [0.2, 0.25) is 6.10 Å². The third-order valence-electron chi connectivity index (χ3n) is 3.02. The molecule has 0 bridgehead atoms. The lowest BCUT2D eigenvalue weighted by Gasteiger charge is -2.23. The van der Waals surface area contributed by atoms with Crippen LogP contribution >= 0.6 is 11.6 Å². The van der Waals surface area contributed by atoms with Gasteiger partial charge >= 0.3 is 5.97 Å². The normalized spacial score (nSPS) is 13.2. The minimum absolute atomic E-state index is 0.209. The molecule has 0 radical (unpaired) electrons. The molecule has 0 amide bonds. The van der Waals surface area contributed by atoms with E-state index < -0.39 is 18.2 Å². The van der Waals surface area contributed by atoms with Crippen LogP contribution in [0.2, 0.25) is 5.02 Å². The van der Waals surface area contributed by atoms with E-state index in [0.29, 0.717) is 16.3 Å². The number of aliphatic hydroxyl groups excluding tert-OH is 1. The SMILES string of the molecule is CCOC(=O)[C@@H](Oc1ccc(Cl)cc1)[C@H](O)c1ccccc1. The highest BCUT2D eigenvalue weighted by Gasteiger charge is 2.31. The van der Waals surface area contributed by atoms with Crippen molar-refractivity contribution < 1.29 is 19.4 Å². The van der Waals surface area contributed by atoms with Crippen molar-refractivity contribution in [1.29, 1.82) is 0 Å². The Kier molecular flexibility index (Phi) is 5.81. The van der Waals surface area contributed by atoms with Crippen LogP contribution in [-0.2, 0) is 9.53 Å². The first-order chi connectivity index (χ1) is 10.6. The molecule has 2 rings (SSSR count). The Hall–Kier alpha value is -2.04. The number of rotatable bonds is 6. The summed E-state index contributed by atoms with van der Waals surface area (Å²) in [6.07, 6.45) is -2.28. The monoisotopic (exact) mass is 320 g/mol. The van der Waals surface area contributed by atoms with Gasteiger partial charge in [-0.1, -0.05) is 41.9 Å². The Morgan fingerprint density at radius 2 is 1.77 bits per heavy atom. The first-order valence-electron chi connectivity index (χ1n) is 6.93. The number of carbonyl (C=O) groups is 1. The second-order valence-corrected chi connectivity index (χ2v) is 5.04. The van der Waals surface area contributed by atoms with Crippen LogP contribution in [0.1, 0.15) is 18.6 Å². The maximum atomic E-state index is 12.1. The number of esters is 1. The average molecular weight is 321 g/mol. The fourth-order valence-corrected chi connectivity index (χ4v) is 2.08. The molecular formula is C17H17ClO4. The van der Waals surface area contributed by atoms with Crippen LogP contribution in [0.4, 0.5) is 0 Å². The zero-order chi connectivity index (χ0) is 15.9. The van der Waals surface area contributed by atoms with E-state index in [0.717, 1.165) is 0 Å². The van der Waals surface area contributed by atoms with Gasteiger partial charge in [-0.3, -0.25) is 0 Å². The van der Waals surface area contributed by atoms with E-state index in [4.69, 9.17) is 21.1 Å². The first-order valence-corrected chi connectivity index (χ1v) is 7.31. The predicted molar refractivity (Wildman–Crippen MR) is 83.9 cm³/mol. The third-order valence-corrected chi connectivity index (χ3v) is 3.28. The lowest BCUT2D eigenvalue weighted by molar-refractivity contribution is -0.157. The van der Waals surface area contributed by atoms with Gasteiger partial charge < -0.3 is 14.6 Å². The Balaban J connectivity index is 2.22. The molecule has 22 heavy (non-hydrogen) atoms. The summed E-state index contributed by atoms with van der Waals surface area (Å²) >= 11 is 5.82. The van der Waals surface area contributed by atoms with Crippen molar-refractivity contribution in [3.05, 3.63) is 65.2 Å². The van der Waals surface area contributed by atoms with E-state index >= 15 is 0 Å². The standard InChI is InChI=1S/C17H17ClO4/c1-2-21-17(20)16(15(19)12-6-4-3-5-7-12)22-14-10-8-13(18)9-11-14/h3-11,15-16,19H,2H2,1H3/t15-,16+/m1/s1. The van der Waals surface area contributed by atoms with Gasteiger partial charge in [-0.05, 0) is 36.8 Å². The highest BCUT2D eigenvalue weighted by atomic mass is 35.5. The van der Waals surface area contributed by atoms with Crippen LogP contribution in [0.25, 0.3) is 0 Å². The minimum Gasteiger partial charge on any atom is -0.476 e. The number of hydrogen-bond donors (Lipinski definition) is 1. The molecule has 0 unspecified atom stereocenters. The topological polar surface area (TPSA) is 55.8 Å². The molecule has 1 N–H and O–H groups in total. The lowest BCUT2D eigenvalue weighted by atomic mass is 10.0. The number of aliphatic hydroxyl groups is 1. The van der Waals surface area contributed by atoms with Crippen LogP contribution in [0, 0.1) is 0 Å². The molecule has 0 aliphatic heterocycles. The summed E-state index contributed by atoms with van der Waals surface area (Å²) < 4.78 is 10.6. The molecule has 116 valence electrons. The summed E-state index contributed by atoms with van der Waals surface area (Å²) in [5.74, 6) is -0.189. The summed E-state index contributed by atoms with van der Waals surface area (Å²) in [7, 11) is 0. The van der Waals surface area contributed by atoms with E-state index in [-0.39, 0.29) is 6.61 Å². The van der Waals surface area contributed by atoms with Gasteiger partial charge in [-0.2, -0.15) is 0 Å². The van der Waals surface area contributed by atoms with Gasteiger partial charge in [0.25, 0.3) is 0 Å². The van der Waals surface area contributed by atoms with Crippen LogP contribution < -0.4 is 4.74 Å². The molecular weight excluding hydrogens is 304 g/mol. The molecule has 0 aromatic heterocycles. The van der Waals surface area contributed by atoms with E-state index in [1.807, 2.05) is 6.07 Å². The van der Waals surface area contributed by atoms with Crippen molar-refractivity contribution in [3.63, 3.8) is 0 Å². The summed E-state index contributed by atoms with van der Waals surface area (Å²) in [4.78, 5) is 12.1. The van der Waals surface area contributed by atoms with E-state index in [1.165, 1.54) is 0 Å². The Bertz CT molecular complexity index is 598. The quantitative estimate of drug-likeness (QED) is 0.829. The van der Waals surface area contributed by atoms with E-state index in [1.54, 1.807) is 55.5 Å². The van der Waals surface area contributed by atoms with Crippen LogP contribution in [-0.4, -0.2) is 23.8 Å². The zero-order valence-corrected chi connectivity index (χ0v) is 12.9. The minimum atomic E-state index is -1.15. The Morgan fingerprint density at radius 1 is 1.14 bits per heavy atom. The van der Waals surface area contributed by atoms with Gasteiger partial charge in [0.1, 0.15) is 11.9 Å². The molecule has 0 spiro atoms. The number of hydrogen-bond acceptors (Lipinski definition) is 4. The Morgan fingerprint density at radius 3 is 2.36 bits per heavy atom. The lowest BCUT2D eigenvalue weighted by Crippen LogP contribution is -2.35. The fraction of sp³-hybridized carbons (Fsp3) is 0.235. The smallest absolute Gasteiger partial charge is 0.350 e. The van der Waals surface area contributed by atoms with Gasteiger partial charge in [-0.15, -0.1) is 0 Å². The van der Waals surface area contributed by atoms with Crippen LogP contribution in [0.5, 0.6) is 5.75 Å². The second-order valence-electron chi connectivity index (χ2n) is 4.60. The number of halogens is 1. The zero-order valence-electron chi connectivity index (χ0n) is 12.1. The van der Waals surface area contributed by atoms with E-state index in [9.17, 15) is 9.90 Å². The van der Waals surface area contributed by atoms with Crippen molar-refractivity contribution in [2.75, 3.05) is 6.61 Å². The molecule has 0 heterocycles. The maximum Gasteiger partial charge on any atom is 0.350 e. The van der Waals surface area contributed by atoms with E-state index in [2.05, 4.69) is 0 Å². The first kappa shape index (κ1) is 16.3. The van der Waals surface area contributed by atoms with Crippen molar-refractivity contribution in [2.45, 2.75) is 19.1 Å². The largest absolute Gasteiger partial charge is 0.476 e. The molecule has 2 atom stereocenters. The van der Waals surface area contributed by atoms with Crippen LogP contribution in [0.3, 0.4) is 0 Å². The van der Waals surface area contributed by atoms with Crippen molar-refractivity contribution in [3.8, 4) is 5.75 Å². The van der Waals surface area contributed by atoms with Gasteiger partial charge in [0, 0.05) is 5.02 Å². The molecule has 5 heteroatoms. The molecule has 0 saturated carbocycles. The Labute approximate surface area is 134 Å². The van der Waals surface area contributed by atoms with Crippen molar-refractivity contribution in [1.82, 2.24) is 0 Å². The van der Waals surface area contributed by atoms with Gasteiger partial charge in [0.15, 0.2) is 0 Å². The number of ether oxygens (including phenoxy) is 2. The molecule has 0 aliphatic carbocycles. The van der Waals surface area contributed by atoms with Gasteiger partial charge in [0.05, 0.1) is 6.61 Å². The second kappa shape index (κ2) is 7.82. The fourth-order valence-electron chi connectivity index (χ4n) is 1.95. The summed E-state index contributed by atoms with van der Waals surface area (Å²) in [5, 5.41) is 11.0. The highest BCUT2D eigenvalue weighted by molar-refractivity contribution is 6.30. The maximum absolute atomic E-state index is 12.1. The van der Waals surface area contributed by atoms with Gasteiger partial charge in [-0.25, -0.2) is 4.79 Å². The molecule has 4 nitrogen and oxygen atoms in total. The predicted octanol–water partition coefficient (Wildman–Crippen LogP) is 3.38. The molecule has 0 fully saturated rings. The molecule has 2 aromatic rings. The summed E-state index contributed by atoms with van der Waals surface area (Å²) in [5.41, 5.74) is 0.578. The molecule has 0 saturated heterocycles. The van der Waals surface area contributed by atoms with Crippen molar-refractivity contribution >= 4 is 17.6 Å². The highest BCUT2D eigenvalue weighted by Crippen LogP contribution is 2.24. The number of benzene rings is 2. The summed E-state index contributed by atoms with van der Waals surface area (Å²) in [6, 6.07) is 15.4. The number of carbonyl (C=O) groups excluding carboxylic acids is 1. The molecule has 2 aromatic carbocycles. The van der Waals surface area contributed by atoms with Crippen LogP contribution in [0.15, 0.2) is 54.6 Å². The average Bonchev–Trinajstić information content (AvgIpc) is 2.54.